The minimum Gasteiger partial charge on any atom is -0.504 e. The first-order valence-corrected chi connectivity index (χ1v) is 5.41. The van der Waals surface area contributed by atoms with Gasteiger partial charge in [-0.05, 0) is 24.1 Å². The molecule has 0 saturated heterocycles. The van der Waals surface area contributed by atoms with E-state index in [-0.39, 0.29) is 0 Å². The van der Waals surface area contributed by atoms with Crippen LogP contribution in [0, 0.1) is 0 Å². The van der Waals surface area contributed by atoms with E-state index in [1.807, 2.05) is 0 Å². The maximum Gasteiger partial charge on any atom is 0.446 e. The summed E-state index contributed by atoms with van der Waals surface area (Å²) in [5.74, 6) is -1.79. The summed E-state index contributed by atoms with van der Waals surface area (Å²) in [7, 11) is -4.76. The molecule has 15 heavy (non-hydrogen) atoms. The zero-order chi connectivity index (χ0) is 11.6. The molecule has 0 amide bonds. The van der Waals surface area contributed by atoms with Crippen molar-refractivity contribution in [3.63, 3.8) is 0 Å². The second-order valence-corrected chi connectivity index (χ2v) is 3.85. The maximum absolute atomic E-state index is 10.4. The van der Waals surface area contributed by atoms with E-state index >= 15 is 0 Å². The Balaban J connectivity index is 3.20. The van der Waals surface area contributed by atoms with Gasteiger partial charge in [-0.2, -0.15) is 8.42 Å². The first kappa shape index (κ1) is 11.6. The molecule has 0 aliphatic carbocycles. The van der Waals surface area contributed by atoms with Crippen LogP contribution in [0.3, 0.4) is 0 Å². The van der Waals surface area contributed by atoms with E-state index < -0.39 is 27.6 Å². The van der Waals surface area contributed by atoms with Gasteiger partial charge in [0.1, 0.15) is 0 Å². The van der Waals surface area contributed by atoms with Gasteiger partial charge in [-0.25, -0.2) is 0 Å². The molecular weight excluding hydrogens is 224 g/mol. The highest BCUT2D eigenvalue weighted by Crippen LogP contribution is 2.37. The Hall–Kier alpha value is -1.47. The zero-order valence-electron chi connectivity index (χ0n) is 7.84. The number of benzene rings is 1. The van der Waals surface area contributed by atoms with E-state index in [9.17, 15) is 18.6 Å². The summed E-state index contributed by atoms with van der Waals surface area (Å²) in [6.07, 6.45) is 0.549. The lowest BCUT2D eigenvalue weighted by atomic mass is 10.1. The third-order valence-electron chi connectivity index (χ3n) is 1.71. The van der Waals surface area contributed by atoms with Crippen molar-refractivity contribution in [3.05, 3.63) is 17.7 Å². The van der Waals surface area contributed by atoms with Crippen LogP contribution in [0.4, 0.5) is 0 Å². The van der Waals surface area contributed by atoms with Gasteiger partial charge in [-0.1, -0.05) is 6.92 Å². The number of phenolic OH excluding ortho intramolecular Hbond substituents is 2. The average Bonchev–Trinajstić information content (AvgIpc) is 2.09. The summed E-state index contributed by atoms with van der Waals surface area (Å²) in [6.45, 7) is 1.79. The van der Waals surface area contributed by atoms with Crippen molar-refractivity contribution in [2.24, 2.45) is 0 Å². The Morgan fingerprint density at radius 3 is 2.07 bits per heavy atom. The number of hydrogen-bond donors (Lipinski definition) is 3. The molecule has 1 aromatic carbocycles. The number of aromatic hydroxyl groups is 2. The molecule has 0 spiro atoms. The molecule has 1 rings (SSSR count). The largest absolute Gasteiger partial charge is 0.504 e. The van der Waals surface area contributed by atoms with Crippen molar-refractivity contribution >= 4 is 10.4 Å². The van der Waals surface area contributed by atoms with Crippen LogP contribution in [0.1, 0.15) is 12.5 Å². The second-order valence-electron chi connectivity index (χ2n) is 2.83. The van der Waals surface area contributed by atoms with Gasteiger partial charge in [0.15, 0.2) is 11.5 Å². The van der Waals surface area contributed by atoms with Gasteiger partial charge in [0.05, 0.1) is 0 Å². The van der Waals surface area contributed by atoms with Crippen molar-refractivity contribution in [2.75, 3.05) is 0 Å². The molecule has 0 bridgehead atoms. The highest BCUT2D eigenvalue weighted by atomic mass is 32.3. The topological polar surface area (TPSA) is 104 Å². The maximum atomic E-state index is 10.4. The van der Waals surface area contributed by atoms with Gasteiger partial charge in [-0.15, -0.1) is 0 Å². The van der Waals surface area contributed by atoms with Crippen molar-refractivity contribution < 1.29 is 27.4 Å². The van der Waals surface area contributed by atoms with Crippen LogP contribution in [-0.4, -0.2) is 23.2 Å². The number of phenols is 2. The van der Waals surface area contributed by atoms with E-state index in [4.69, 9.17) is 4.55 Å². The molecule has 3 N–H and O–H groups in total. The summed E-state index contributed by atoms with van der Waals surface area (Å²) < 4.78 is 33.1. The highest BCUT2D eigenvalue weighted by molar-refractivity contribution is 7.81. The smallest absolute Gasteiger partial charge is 0.446 e. The lowest BCUT2D eigenvalue weighted by Gasteiger charge is -2.07. The highest BCUT2D eigenvalue weighted by Gasteiger charge is 2.16. The van der Waals surface area contributed by atoms with Crippen LogP contribution in [0.15, 0.2) is 12.1 Å². The first-order valence-electron chi connectivity index (χ1n) is 4.05. The average molecular weight is 234 g/mol. The molecule has 6 nitrogen and oxygen atoms in total. The minimum absolute atomic E-state index is 0.549. The van der Waals surface area contributed by atoms with E-state index in [0.29, 0.717) is 12.0 Å². The number of hydrogen-bond acceptors (Lipinski definition) is 5. The Bertz CT molecular complexity index is 441. The van der Waals surface area contributed by atoms with Crippen LogP contribution < -0.4 is 4.18 Å². The molecule has 0 aromatic heterocycles. The van der Waals surface area contributed by atoms with E-state index in [2.05, 4.69) is 4.18 Å². The summed E-state index contributed by atoms with van der Waals surface area (Å²) in [6, 6.07) is 2.47. The third-order valence-corrected chi connectivity index (χ3v) is 2.08. The van der Waals surface area contributed by atoms with Crippen LogP contribution in [0.25, 0.3) is 0 Å². The molecule has 84 valence electrons. The minimum atomic E-state index is -4.76. The molecule has 0 radical (unpaired) electrons. The standard InChI is InChI=1S/C8H10O6S/c1-2-5-3-6(9)8(7(10)4-5)14-15(11,12)13/h3-4,9-10H,2H2,1H3,(H,11,12,13). The monoisotopic (exact) mass is 234 g/mol. The van der Waals surface area contributed by atoms with Gasteiger partial charge in [0, 0.05) is 0 Å². The summed E-state index contributed by atoms with van der Waals surface area (Å²) in [5.41, 5.74) is 0.604. The summed E-state index contributed by atoms with van der Waals surface area (Å²) in [4.78, 5) is 0. The molecule has 0 saturated carbocycles. The van der Waals surface area contributed by atoms with E-state index in [1.165, 1.54) is 12.1 Å². The summed E-state index contributed by atoms with van der Waals surface area (Å²) >= 11 is 0. The van der Waals surface area contributed by atoms with Crippen molar-refractivity contribution in [2.45, 2.75) is 13.3 Å². The fourth-order valence-corrected chi connectivity index (χ4v) is 1.43. The summed E-state index contributed by atoms with van der Waals surface area (Å²) in [5, 5.41) is 18.6. The van der Waals surface area contributed by atoms with Crippen LogP contribution in [0.2, 0.25) is 0 Å². The second kappa shape index (κ2) is 3.95. The zero-order valence-corrected chi connectivity index (χ0v) is 8.65. The Kier molecular flexibility index (Phi) is 3.06. The number of rotatable bonds is 3. The van der Waals surface area contributed by atoms with Gasteiger partial charge in [0.2, 0.25) is 5.75 Å². The predicted molar refractivity (Wildman–Crippen MR) is 51.3 cm³/mol. The van der Waals surface area contributed by atoms with Gasteiger partial charge < -0.3 is 14.4 Å². The molecule has 0 aliphatic heterocycles. The van der Waals surface area contributed by atoms with Crippen molar-refractivity contribution in [3.8, 4) is 17.2 Å². The van der Waals surface area contributed by atoms with E-state index in [1.54, 1.807) is 6.92 Å². The fraction of sp³-hybridized carbons (Fsp3) is 0.250. The lowest BCUT2D eigenvalue weighted by molar-refractivity contribution is 0.353. The van der Waals surface area contributed by atoms with Crippen molar-refractivity contribution in [1.82, 2.24) is 0 Å². The van der Waals surface area contributed by atoms with Gasteiger partial charge in [-0.3, -0.25) is 4.55 Å². The molecule has 0 fully saturated rings. The Morgan fingerprint density at radius 1 is 1.27 bits per heavy atom. The molecule has 7 heteroatoms. The SMILES string of the molecule is CCc1cc(O)c(OS(=O)(=O)O)c(O)c1. The molecule has 0 aliphatic rings. The molecule has 0 heterocycles. The normalized spacial score (nSPS) is 11.3. The molecule has 0 atom stereocenters. The van der Waals surface area contributed by atoms with E-state index in [0.717, 1.165) is 0 Å². The molecule has 1 aromatic rings. The lowest BCUT2D eigenvalue weighted by Crippen LogP contribution is -2.07. The molecule has 0 unspecified atom stereocenters. The Labute approximate surface area is 86.7 Å². The van der Waals surface area contributed by atoms with Gasteiger partial charge in [0.25, 0.3) is 0 Å². The third kappa shape index (κ3) is 3.00. The molecular formula is C8H10O6S. The van der Waals surface area contributed by atoms with Gasteiger partial charge >= 0.3 is 10.4 Å². The quantitative estimate of drug-likeness (QED) is 0.669. The van der Waals surface area contributed by atoms with Crippen LogP contribution >= 0.6 is 0 Å². The fourth-order valence-electron chi connectivity index (χ4n) is 1.05. The number of aryl methyl sites for hydroxylation is 1. The van der Waals surface area contributed by atoms with Crippen LogP contribution in [0.5, 0.6) is 17.2 Å². The van der Waals surface area contributed by atoms with Crippen molar-refractivity contribution in [1.29, 1.82) is 0 Å². The van der Waals surface area contributed by atoms with Crippen LogP contribution in [-0.2, 0) is 16.8 Å². The Morgan fingerprint density at radius 2 is 1.73 bits per heavy atom. The predicted octanol–water partition coefficient (Wildman–Crippen LogP) is 0.842. The first-order chi connectivity index (χ1) is 6.83.